The second-order valence-corrected chi connectivity index (χ2v) is 9.28. The molecule has 1 aromatic heterocycles. The summed E-state index contributed by atoms with van der Waals surface area (Å²) in [6.45, 7) is 4.62. The number of carbonyl (C=O) groups is 1. The van der Waals surface area contributed by atoms with Crippen LogP contribution >= 0.6 is 0 Å². The highest BCUT2D eigenvalue weighted by Gasteiger charge is 2.33. The Hall–Kier alpha value is -2.97. The van der Waals surface area contributed by atoms with Crippen molar-refractivity contribution in [1.82, 2.24) is 19.4 Å². The number of H-pyrrole nitrogens is 1. The number of nitrogens with one attached hydrogen (secondary N) is 1. The molecular formula is C22H24N4O3S. The number of aryl methyl sites for hydroxylation is 2. The molecule has 0 atom stereocenters. The van der Waals surface area contributed by atoms with Crippen LogP contribution in [-0.4, -0.2) is 59.9 Å². The topological polar surface area (TPSA) is 86.4 Å². The van der Waals surface area contributed by atoms with Crippen molar-refractivity contribution < 1.29 is 13.2 Å². The van der Waals surface area contributed by atoms with Crippen LogP contribution in [0.3, 0.4) is 0 Å². The minimum absolute atomic E-state index is 0.0812. The lowest BCUT2D eigenvalue weighted by molar-refractivity contribution is 0.0698. The third-order valence-corrected chi connectivity index (χ3v) is 7.59. The molecule has 4 rings (SSSR count). The van der Waals surface area contributed by atoms with Crippen LogP contribution in [0.15, 0.2) is 59.5 Å². The normalized spacial score (nSPS) is 15.3. The highest BCUT2D eigenvalue weighted by molar-refractivity contribution is 7.89. The van der Waals surface area contributed by atoms with Gasteiger partial charge in [-0.25, -0.2) is 8.42 Å². The number of carbonyl (C=O) groups excluding carboxylic acids is 1. The number of aromatic amines is 1. The first kappa shape index (κ1) is 20.3. The Morgan fingerprint density at radius 3 is 2.07 bits per heavy atom. The average Bonchev–Trinajstić information content (AvgIpc) is 3.13. The molecule has 7 nitrogen and oxygen atoms in total. The van der Waals surface area contributed by atoms with Gasteiger partial charge in [-0.15, -0.1) is 0 Å². The van der Waals surface area contributed by atoms with E-state index in [-0.39, 0.29) is 23.9 Å². The van der Waals surface area contributed by atoms with Gasteiger partial charge in [0, 0.05) is 31.7 Å². The Morgan fingerprint density at radius 1 is 0.900 bits per heavy atom. The summed E-state index contributed by atoms with van der Waals surface area (Å²) in [7, 11) is -3.63. The van der Waals surface area contributed by atoms with Crippen molar-refractivity contribution in [3.63, 3.8) is 0 Å². The third-order valence-electron chi connectivity index (χ3n) is 5.42. The molecule has 1 saturated heterocycles. The maximum atomic E-state index is 13.0. The van der Waals surface area contributed by atoms with Crippen LogP contribution in [0.2, 0.25) is 0 Å². The number of aromatic nitrogens is 2. The van der Waals surface area contributed by atoms with E-state index in [1.807, 2.05) is 54.6 Å². The summed E-state index contributed by atoms with van der Waals surface area (Å²) in [5.41, 5.74) is 3.75. The van der Waals surface area contributed by atoms with Crippen LogP contribution in [-0.2, 0) is 10.0 Å². The monoisotopic (exact) mass is 424 g/mol. The fraction of sp³-hybridized carbons (Fsp3) is 0.273. The standard InChI is InChI=1S/C22H24N4O3S/c1-16-21(17(2)24-23-16)30(28,29)26-14-12-25(13-15-26)22(27)20-10-8-19(9-11-20)18-6-4-3-5-7-18/h3-11H,12-15H2,1-2H3,(H,23,24). The molecule has 30 heavy (non-hydrogen) atoms. The van der Waals surface area contributed by atoms with Gasteiger partial charge in [0.25, 0.3) is 5.91 Å². The van der Waals surface area contributed by atoms with Gasteiger partial charge in [0.05, 0.1) is 11.4 Å². The smallest absolute Gasteiger partial charge is 0.253 e. The Balaban J connectivity index is 1.43. The van der Waals surface area contributed by atoms with Gasteiger partial charge in [0.2, 0.25) is 10.0 Å². The van der Waals surface area contributed by atoms with Gasteiger partial charge in [0.15, 0.2) is 0 Å². The predicted octanol–water partition coefficient (Wildman–Crippen LogP) is 2.84. The highest BCUT2D eigenvalue weighted by Crippen LogP contribution is 2.24. The molecule has 0 aliphatic carbocycles. The van der Waals surface area contributed by atoms with E-state index in [9.17, 15) is 13.2 Å². The van der Waals surface area contributed by atoms with Gasteiger partial charge in [-0.2, -0.15) is 9.40 Å². The van der Waals surface area contributed by atoms with Crippen LogP contribution in [0.25, 0.3) is 11.1 Å². The average molecular weight is 425 g/mol. The van der Waals surface area contributed by atoms with Crippen molar-refractivity contribution in [2.24, 2.45) is 0 Å². The minimum atomic E-state index is -3.63. The number of amides is 1. The van der Waals surface area contributed by atoms with E-state index in [0.29, 0.717) is 30.0 Å². The molecule has 0 bridgehead atoms. The molecule has 3 aromatic rings. The molecule has 0 saturated carbocycles. The van der Waals surface area contributed by atoms with Gasteiger partial charge in [0.1, 0.15) is 4.90 Å². The molecule has 0 radical (unpaired) electrons. The molecule has 2 heterocycles. The van der Waals surface area contributed by atoms with Gasteiger partial charge >= 0.3 is 0 Å². The minimum Gasteiger partial charge on any atom is -0.336 e. The van der Waals surface area contributed by atoms with Gasteiger partial charge in [-0.3, -0.25) is 9.89 Å². The number of nitrogens with zero attached hydrogens (tertiary/aromatic N) is 3. The molecule has 1 amide bonds. The summed E-state index contributed by atoms with van der Waals surface area (Å²) in [6, 6.07) is 17.5. The van der Waals surface area contributed by atoms with E-state index in [4.69, 9.17) is 0 Å². The summed E-state index contributed by atoms with van der Waals surface area (Å²) in [5, 5.41) is 6.72. The SMILES string of the molecule is Cc1n[nH]c(C)c1S(=O)(=O)N1CCN(C(=O)c2ccc(-c3ccccc3)cc2)CC1. The summed E-state index contributed by atoms with van der Waals surface area (Å²) in [5.74, 6) is -0.0812. The van der Waals surface area contributed by atoms with Gasteiger partial charge in [-0.1, -0.05) is 42.5 Å². The fourth-order valence-electron chi connectivity index (χ4n) is 3.80. The highest BCUT2D eigenvalue weighted by atomic mass is 32.2. The van der Waals surface area contributed by atoms with Crippen LogP contribution < -0.4 is 0 Å². The quantitative estimate of drug-likeness (QED) is 0.698. The molecular weight excluding hydrogens is 400 g/mol. The Bertz CT molecular complexity index is 1130. The van der Waals surface area contributed by atoms with E-state index in [2.05, 4.69) is 10.2 Å². The number of hydrogen-bond acceptors (Lipinski definition) is 4. The second-order valence-electron chi connectivity index (χ2n) is 7.40. The van der Waals surface area contributed by atoms with Crippen LogP contribution in [0.4, 0.5) is 0 Å². The molecule has 156 valence electrons. The molecule has 2 aromatic carbocycles. The largest absolute Gasteiger partial charge is 0.336 e. The van der Waals surface area contributed by atoms with Crippen LogP contribution in [0, 0.1) is 13.8 Å². The van der Waals surface area contributed by atoms with E-state index < -0.39 is 10.0 Å². The zero-order valence-corrected chi connectivity index (χ0v) is 17.8. The zero-order valence-electron chi connectivity index (χ0n) is 17.0. The molecule has 0 unspecified atom stereocenters. The van der Waals surface area contributed by atoms with E-state index in [1.165, 1.54) is 4.31 Å². The predicted molar refractivity (Wildman–Crippen MR) is 115 cm³/mol. The molecule has 1 N–H and O–H groups in total. The van der Waals surface area contributed by atoms with Crippen LogP contribution in [0.5, 0.6) is 0 Å². The summed E-state index contributed by atoms with van der Waals surface area (Å²) in [6.07, 6.45) is 0. The Morgan fingerprint density at radius 2 is 1.50 bits per heavy atom. The maximum Gasteiger partial charge on any atom is 0.253 e. The van der Waals surface area contributed by atoms with Crippen molar-refractivity contribution in [2.45, 2.75) is 18.7 Å². The Kier molecular flexibility index (Phi) is 5.44. The van der Waals surface area contributed by atoms with Crippen molar-refractivity contribution in [2.75, 3.05) is 26.2 Å². The first-order chi connectivity index (χ1) is 14.4. The van der Waals surface area contributed by atoms with E-state index >= 15 is 0 Å². The summed E-state index contributed by atoms with van der Waals surface area (Å²) < 4.78 is 27.4. The lowest BCUT2D eigenvalue weighted by Gasteiger charge is -2.34. The molecule has 8 heteroatoms. The molecule has 0 spiro atoms. The number of sulfonamides is 1. The lowest BCUT2D eigenvalue weighted by Crippen LogP contribution is -2.50. The lowest BCUT2D eigenvalue weighted by atomic mass is 10.0. The van der Waals surface area contributed by atoms with Crippen molar-refractivity contribution in [3.8, 4) is 11.1 Å². The molecule has 1 aliphatic rings. The first-order valence-electron chi connectivity index (χ1n) is 9.84. The van der Waals surface area contributed by atoms with Gasteiger partial charge in [-0.05, 0) is 37.1 Å². The van der Waals surface area contributed by atoms with E-state index in [0.717, 1.165) is 11.1 Å². The Labute approximate surface area is 176 Å². The third kappa shape index (κ3) is 3.76. The summed E-state index contributed by atoms with van der Waals surface area (Å²) in [4.78, 5) is 14.8. The zero-order chi connectivity index (χ0) is 21.3. The van der Waals surface area contributed by atoms with E-state index in [1.54, 1.807) is 18.7 Å². The maximum absolute atomic E-state index is 13.0. The fourth-order valence-corrected chi connectivity index (χ4v) is 5.55. The number of rotatable bonds is 4. The van der Waals surface area contributed by atoms with Crippen LogP contribution in [0.1, 0.15) is 21.7 Å². The summed E-state index contributed by atoms with van der Waals surface area (Å²) >= 11 is 0. The van der Waals surface area contributed by atoms with Gasteiger partial charge < -0.3 is 4.90 Å². The molecule has 1 aliphatic heterocycles. The van der Waals surface area contributed by atoms with Crippen molar-refractivity contribution in [1.29, 1.82) is 0 Å². The van der Waals surface area contributed by atoms with Crippen molar-refractivity contribution in [3.05, 3.63) is 71.5 Å². The first-order valence-corrected chi connectivity index (χ1v) is 11.3. The number of piperazine rings is 1. The molecule has 1 fully saturated rings. The number of hydrogen-bond donors (Lipinski definition) is 1. The number of benzene rings is 2. The van der Waals surface area contributed by atoms with Crippen molar-refractivity contribution >= 4 is 15.9 Å². The second kappa shape index (κ2) is 8.04.